The Morgan fingerprint density at radius 1 is 1.11 bits per heavy atom. The van der Waals surface area contributed by atoms with E-state index in [9.17, 15) is 13.2 Å². The molecule has 0 aliphatic rings. The first-order valence-electron chi connectivity index (χ1n) is 8.19. The van der Waals surface area contributed by atoms with Gasteiger partial charge in [-0.15, -0.1) is 11.3 Å². The van der Waals surface area contributed by atoms with Crippen LogP contribution in [0.1, 0.15) is 11.8 Å². The molecule has 0 aliphatic heterocycles. The third-order valence-electron chi connectivity index (χ3n) is 3.95. The van der Waals surface area contributed by atoms with Crippen LogP contribution in [0.3, 0.4) is 0 Å². The monoisotopic (exact) mass is 401 g/mol. The van der Waals surface area contributed by atoms with E-state index in [1.165, 1.54) is 11.3 Å². The Hall–Kier alpha value is -2.71. The van der Waals surface area contributed by atoms with E-state index in [4.69, 9.17) is 0 Å². The van der Waals surface area contributed by atoms with Crippen molar-refractivity contribution in [1.29, 1.82) is 0 Å². The molecule has 1 N–H and O–H groups in total. The predicted molar refractivity (Wildman–Crippen MR) is 111 cm³/mol. The zero-order chi connectivity index (χ0) is 19.4. The summed E-state index contributed by atoms with van der Waals surface area (Å²) in [5, 5.41) is 7.64. The van der Waals surface area contributed by atoms with Gasteiger partial charge in [-0.1, -0.05) is 42.5 Å². The number of rotatable bonds is 6. The van der Waals surface area contributed by atoms with Gasteiger partial charge in [0.15, 0.2) is 0 Å². The molecule has 0 fully saturated rings. The molecule has 0 unspecified atom stereocenters. The van der Waals surface area contributed by atoms with Crippen LogP contribution in [0.15, 0.2) is 65.1 Å². The Kier molecular flexibility index (Phi) is 5.57. The molecule has 3 rings (SSSR count). The van der Waals surface area contributed by atoms with Crippen LogP contribution < -0.4 is 9.73 Å². The molecule has 0 saturated carbocycles. The smallest absolute Gasteiger partial charge is 0.260 e. The number of amides is 1. The largest absolute Gasteiger partial charge is 0.271 e. The maximum atomic E-state index is 12.4. The summed E-state index contributed by atoms with van der Waals surface area (Å²) < 4.78 is 25.8. The number of fused-ring (bicyclic) bond motifs is 1. The molecule has 140 valence electrons. The summed E-state index contributed by atoms with van der Waals surface area (Å²) in [7, 11) is -3.66. The van der Waals surface area contributed by atoms with Crippen molar-refractivity contribution >= 4 is 49.4 Å². The van der Waals surface area contributed by atoms with Crippen molar-refractivity contribution in [2.24, 2.45) is 5.10 Å². The number of benzene rings is 2. The van der Waals surface area contributed by atoms with Gasteiger partial charge in [-0.3, -0.25) is 9.10 Å². The minimum absolute atomic E-state index is 0.353. The second kappa shape index (κ2) is 7.89. The van der Waals surface area contributed by atoms with Crippen LogP contribution >= 0.6 is 11.3 Å². The molecule has 1 amide bonds. The molecule has 1 aromatic heterocycles. The van der Waals surface area contributed by atoms with E-state index in [1.807, 2.05) is 47.8 Å². The molecule has 0 spiro atoms. The summed E-state index contributed by atoms with van der Waals surface area (Å²) >= 11 is 1.51. The van der Waals surface area contributed by atoms with Gasteiger partial charge < -0.3 is 0 Å². The molecular weight excluding hydrogens is 382 g/mol. The van der Waals surface area contributed by atoms with Crippen LogP contribution in [0, 0.1) is 0 Å². The van der Waals surface area contributed by atoms with Gasteiger partial charge in [-0.05, 0) is 29.8 Å². The maximum Gasteiger partial charge on any atom is 0.260 e. The maximum absolute atomic E-state index is 12.4. The Morgan fingerprint density at radius 3 is 2.56 bits per heavy atom. The van der Waals surface area contributed by atoms with E-state index in [0.29, 0.717) is 11.4 Å². The lowest BCUT2D eigenvalue weighted by Crippen LogP contribution is -2.39. The summed E-state index contributed by atoms with van der Waals surface area (Å²) in [6, 6.07) is 16.6. The topological polar surface area (TPSA) is 78.8 Å². The van der Waals surface area contributed by atoms with Crippen molar-refractivity contribution in [3.63, 3.8) is 0 Å². The summed E-state index contributed by atoms with van der Waals surface area (Å²) in [6.45, 7) is 1.43. The van der Waals surface area contributed by atoms with Crippen molar-refractivity contribution in [2.45, 2.75) is 6.92 Å². The molecule has 0 saturated heterocycles. The molecular formula is C19H19N3O3S2. The fourth-order valence-corrected chi connectivity index (χ4v) is 4.20. The lowest BCUT2D eigenvalue weighted by Gasteiger charge is -2.23. The SMILES string of the molecule is C/C(=N/NC(=O)CN(c1cccc2ccccc12)S(C)(=O)=O)c1cccs1. The van der Waals surface area contributed by atoms with Crippen LogP contribution in [0.5, 0.6) is 0 Å². The first kappa shape index (κ1) is 19.1. The number of nitrogens with one attached hydrogen (secondary N) is 1. The second-order valence-corrected chi connectivity index (χ2v) is 8.83. The van der Waals surface area contributed by atoms with Crippen LogP contribution in [-0.2, 0) is 14.8 Å². The number of hydrogen-bond acceptors (Lipinski definition) is 5. The number of hydrazone groups is 1. The molecule has 6 nitrogen and oxygen atoms in total. The number of thiophene rings is 1. The summed E-state index contributed by atoms with van der Waals surface area (Å²) in [4.78, 5) is 13.3. The van der Waals surface area contributed by atoms with Crippen LogP contribution in [0.2, 0.25) is 0 Å². The zero-order valence-electron chi connectivity index (χ0n) is 14.9. The van der Waals surface area contributed by atoms with Crippen molar-refractivity contribution in [1.82, 2.24) is 5.43 Å². The third-order valence-corrected chi connectivity index (χ3v) is 6.05. The second-order valence-electron chi connectivity index (χ2n) is 5.98. The standard InChI is InChI=1S/C19H19N3O3S2/c1-14(18-11-6-12-26-18)20-21-19(23)13-22(27(2,24)25)17-10-5-8-15-7-3-4-9-16(15)17/h3-12H,13H2,1-2H3,(H,21,23)/b20-14-. The van der Waals surface area contributed by atoms with E-state index in [0.717, 1.165) is 26.2 Å². The van der Waals surface area contributed by atoms with Gasteiger partial charge in [0, 0.05) is 10.3 Å². The summed E-state index contributed by atoms with van der Waals surface area (Å²) in [6.07, 6.45) is 1.09. The molecule has 3 aromatic rings. The lowest BCUT2D eigenvalue weighted by atomic mass is 10.1. The highest BCUT2D eigenvalue weighted by Gasteiger charge is 2.22. The fraction of sp³-hybridized carbons (Fsp3) is 0.158. The van der Waals surface area contributed by atoms with Gasteiger partial charge >= 0.3 is 0 Å². The molecule has 2 aromatic carbocycles. The first-order valence-corrected chi connectivity index (χ1v) is 10.9. The number of hydrogen-bond donors (Lipinski definition) is 1. The highest BCUT2D eigenvalue weighted by molar-refractivity contribution is 7.92. The summed E-state index contributed by atoms with van der Waals surface area (Å²) in [5.41, 5.74) is 3.56. The highest BCUT2D eigenvalue weighted by Crippen LogP contribution is 2.28. The van der Waals surface area contributed by atoms with E-state index >= 15 is 0 Å². The van der Waals surface area contributed by atoms with Gasteiger partial charge in [-0.25, -0.2) is 13.8 Å². The molecule has 0 bridgehead atoms. The van der Waals surface area contributed by atoms with Gasteiger partial charge in [-0.2, -0.15) is 5.10 Å². The Bertz CT molecular complexity index is 1090. The molecule has 8 heteroatoms. The molecule has 0 radical (unpaired) electrons. The minimum atomic E-state index is -3.66. The van der Waals surface area contributed by atoms with E-state index < -0.39 is 15.9 Å². The number of carbonyl (C=O) groups is 1. The Morgan fingerprint density at radius 2 is 1.85 bits per heavy atom. The molecule has 0 atom stereocenters. The quantitative estimate of drug-likeness (QED) is 0.509. The van der Waals surface area contributed by atoms with Crippen molar-refractivity contribution in [3.8, 4) is 0 Å². The lowest BCUT2D eigenvalue weighted by molar-refractivity contribution is -0.119. The van der Waals surface area contributed by atoms with Gasteiger partial charge in [0.05, 0.1) is 17.7 Å². The average molecular weight is 402 g/mol. The predicted octanol–water partition coefficient (Wildman–Crippen LogP) is 3.21. The Balaban J connectivity index is 1.86. The first-order chi connectivity index (χ1) is 12.9. The van der Waals surface area contributed by atoms with Crippen molar-refractivity contribution in [2.75, 3.05) is 17.1 Å². The number of sulfonamides is 1. The van der Waals surface area contributed by atoms with Gasteiger partial charge in [0.2, 0.25) is 10.0 Å². The van der Waals surface area contributed by atoms with E-state index in [2.05, 4.69) is 10.5 Å². The molecule has 27 heavy (non-hydrogen) atoms. The Labute approximate surface area is 162 Å². The van der Waals surface area contributed by atoms with E-state index in [-0.39, 0.29) is 6.54 Å². The van der Waals surface area contributed by atoms with Gasteiger partial charge in [0.25, 0.3) is 5.91 Å². The van der Waals surface area contributed by atoms with Crippen molar-refractivity contribution < 1.29 is 13.2 Å². The van der Waals surface area contributed by atoms with Gasteiger partial charge in [0.1, 0.15) is 6.54 Å². The zero-order valence-corrected chi connectivity index (χ0v) is 16.5. The normalized spacial score (nSPS) is 12.1. The number of anilines is 1. The highest BCUT2D eigenvalue weighted by atomic mass is 32.2. The molecule has 1 heterocycles. The number of nitrogens with zero attached hydrogens (tertiary/aromatic N) is 2. The summed E-state index contributed by atoms with van der Waals surface area (Å²) in [5.74, 6) is -0.510. The van der Waals surface area contributed by atoms with Crippen LogP contribution in [-0.4, -0.2) is 32.8 Å². The average Bonchev–Trinajstić information content (AvgIpc) is 3.18. The fourth-order valence-electron chi connectivity index (χ4n) is 2.66. The third kappa shape index (κ3) is 4.53. The van der Waals surface area contributed by atoms with Crippen LogP contribution in [0.25, 0.3) is 10.8 Å². The minimum Gasteiger partial charge on any atom is -0.271 e. The molecule has 0 aliphatic carbocycles. The van der Waals surface area contributed by atoms with Crippen LogP contribution in [0.4, 0.5) is 5.69 Å². The van der Waals surface area contributed by atoms with Crippen molar-refractivity contribution in [3.05, 3.63) is 64.9 Å². The van der Waals surface area contributed by atoms with E-state index in [1.54, 1.807) is 19.1 Å². The number of carbonyl (C=O) groups excluding carboxylic acids is 1.